The van der Waals surface area contributed by atoms with Crippen LogP contribution in [0.25, 0.3) is 0 Å². The van der Waals surface area contributed by atoms with E-state index in [0.29, 0.717) is 25.9 Å². The number of nitrogens with one attached hydrogen (secondary N) is 1. The third kappa shape index (κ3) is 3.09. The number of amides is 2. The highest BCUT2D eigenvalue weighted by molar-refractivity contribution is 6.01. The van der Waals surface area contributed by atoms with Crippen molar-refractivity contribution in [3.8, 4) is 0 Å². The lowest BCUT2D eigenvalue weighted by molar-refractivity contribution is -0.134. The van der Waals surface area contributed by atoms with Crippen molar-refractivity contribution in [2.45, 2.75) is 31.6 Å². The lowest BCUT2D eigenvalue weighted by Gasteiger charge is -2.29. The first-order valence-corrected chi connectivity index (χ1v) is 7.55. The van der Waals surface area contributed by atoms with Crippen LogP contribution in [0.15, 0.2) is 12.1 Å². The summed E-state index contributed by atoms with van der Waals surface area (Å²) < 4.78 is 28.8. The second kappa shape index (κ2) is 6.06. The summed E-state index contributed by atoms with van der Waals surface area (Å²) in [4.78, 5) is 35.9. The topological polar surface area (TPSA) is 66.5 Å². The van der Waals surface area contributed by atoms with E-state index >= 15 is 0 Å². The van der Waals surface area contributed by atoms with Gasteiger partial charge in [0.2, 0.25) is 11.8 Å². The number of carbonyl (C=O) groups is 3. The Morgan fingerprint density at radius 2 is 1.70 bits per heavy atom. The molecule has 2 saturated heterocycles. The predicted molar refractivity (Wildman–Crippen MR) is 77.9 cm³/mol. The van der Waals surface area contributed by atoms with Gasteiger partial charge in [-0.2, -0.15) is 0 Å². The second-order valence-corrected chi connectivity index (χ2v) is 5.85. The van der Waals surface area contributed by atoms with Crippen molar-refractivity contribution in [2.24, 2.45) is 0 Å². The molecule has 1 N–H and O–H groups in total. The van der Waals surface area contributed by atoms with Crippen LogP contribution in [-0.2, 0) is 14.4 Å². The van der Waals surface area contributed by atoms with Crippen LogP contribution in [0.1, 0.15) is 37.2 Å². The minimum absolute atomic E-state index is 0.0377. The number of carbonyl (C=O) groups excluding carboxylic acids is 3. The highest BCUT2D eigenvalue weighted by Gasteiger charge is 2.31. The number of ketones is 1. The summed E-state index contributed by atoms with van der Waals surface area (Å²) in [5, 5.41) is 2.14. The largest absolute Gasteiger partial charge is 0.368 e. The van der Waals surface area contributed by atoms with Gasteiger partial charge in [0, 0.05) is 44.0 Å². The molecule has 2 fully saturated rings. The number of halogens is 2. The van der Waals surface area contributed by atoms with Crippen LogP contribution in [0.3, 0.4) is 0 Å². The zero-order chi connectivity index (χ0) is 16.6. The van der Waals surface area contributed by atoms with E-state index in [2.05, 4.69) is 5.32 Å². The second-order valence-electron chi connectivity index (χ2n) is 5.85. The number of hydrogen-bond acceptors (Lipinski definition) is 4. The summed E-state index contributed by atoms with van der Waals surface area (Å²) >= 11 is 0. The molecule has 0 spiro atoms. The van der Waals surface area contributed by atoms with Gasteiger partial charge in [-0.15, -0.1) is 0 Å². The maximum Gasteiger partial charge on any atom is 0.234 e. The van der Waals surface area contributed by atoms with Crippen LogP contribution in [0.5, 0.6) is 0 Å². The monoisotopic (exact) mass is 322 g/mol. The Balaban J connectivity index is 1.87. The van der Waals surface area contributed by atoms with E-state index in [1.54, 1.807) is 4.90 Å². The maximum absolute atomic E-state index is 14.4. The van der Waals surface area contributed by atoms with Gasteiger partial charge in [0.05, 0.1) is 11.6 Å². The smallest absolute Gasteiger partial charge is 0.234 e. The molecule has 122 valence electrons. The van der Waals surface area contributed by atoms with E-state index in [-0.39, 0.29) is 29.9 Å². The van der Waals surface area contributed by atoms with Crippen molar-refractivity contribution in [3.05, 3.63) is 29.3 Å². The average molecular weight is 322 g/mol. The minimum atomic E-state index is -0.862. The number of imide groups is 1. The third-order valence-corrected chi connectivity index (χ3v) is 4.34. The Labute approximate surface area is 131 Å². The van der Waals surface area contributed by atoms with Gasteiger partial charge in [-0.1, -0.05) is 0 Å². The van der Waals surface area contributed by atoms with Gasteiger partial charge in [0.25, 0.3) is 0 Å². The molecule has 2 aliphatic heterocycles. The Bertz CT molecular complexity index is 680. The molecule has 7 heteroatoms. The van der Waals surface area contributed by atoms with Crippen molar-refractivity contribution >= 4 is 23.3 Å². The number of rotatable bonds is 2. The van der Waals surface area contributed by atoms with E-state index in [0.717, 1.165) is 12.1 Å². The van der Waals surface area contributed by atoms with Crippen molar-refractivity contribution in [1.82, 2.24) is 5.32 Å². The Kier molecular flexibility index (Phi) is 4.11. The van der Waals surface area contributed by atoms with Crippen molar-refractivity contribution < 1.29 is 23.2 Å². The molecule has 1 aromatic rings. The van der Waals surface area contributed by atoms with Crippen LogP contribution < -0.4 is 10.2 Å². The summed E-state index contributed by atoms with van der Waals surface area (Å²) in [6, 6.07) is 2.10. The predicted octanol–water partition coefficient (Wildman–Crippen LogP) is 1.65. The lowest BCUT2D eigenvalue weighted by atomic mass is 9.89. The summed E-state index contributed by atoms with van der Waals surface area (Å²) in [7, 11) is 0. The minimum Gasteiger partial charge on any atom is -0.368 e. The molecule has 0 aromatic heterocycles. The standard InChI is InChI=1S/C16H16F2N2O3/c17-12-8-14(20-5-3-9(21)4-6-20)13(18)7-11(12)10-1-2-15(22)19-16(10)23/h7-8,10H,1-6H2,(H,19,22,23). The van der Waals surface area contributed by atoms with Crippen LogP contribution in [-0.4, -0.2) is 30.7 Å². The van der Waals surface area contributed by atoms with E-state index in [1.807, 2.05) is 0 Å². The molecular weight excluding hydrogens is 306 g/mol. The first kappa shape index (κ1) is 15.6. The molecule has 2 heterocycles. The van der Waals surface area contributed by atoms with E-state index in [1.165, 1.54) is 0 Å². The molecule has 0 aliphatic carbocycles. The molecular formula is C16H16F2N2O3. The summed E-state index contributed by atoms with van der Waals surface area (Å²) in [6.45, 7) is 0.708. The van der Waals surface area contributed by atoms with Crippen molar-refractivity contribution in [3.63, 3.8) is 0 Å². The van der Waals surface area contributed by atoms with Crippen LogP contribution in [0.2, 0.25) is 0 Å². The molecule has 1 atom stereocenters. The lowest BCUT2D eigenvalue weighted by Crippen LogP contribution is -2.40. The molecule has 5 nitrogen and oxygen atoms in total. The number of piperidine rings is 2. The highest BCUT2D eigenvalue weighted by atomic mass is 19.1. The molecule has 1 unspecified atom stereocenters. The Morgan fingerprint density at radius 1 is 1.00 bits per heavy atom. The number of Topliss-reactive ketones (excluding diaryl/α,β-unsaturated/α-hetero) is 1. The number of benzene rings is 1. The highest BCUT2D eigenvalue weighted by Crippen LogP contribution is 2.32. The number of anilines is 1. The Morgan fingerprint density at radius 3 is 2.35 bits per heavy atom. The first-order chi connectivity index (χ1) is 11.0. The molecule has 2 amide bonds. The average Bonchev–Trinajstić information content (AvgIpc) is 2.51. The molecule has 3 rings (SSSR count). The maximum atomic E-state index is 14.4. The fourth-order valence-electron chi connectivity index (χ4n) is 3.05. The van der Waals surface area contributed by atoms with Gasteiger partial charge < -0.3 is 4.90 Å². The van der Waals surface area contributed by atoms with Crippen LogP contribution >= 0.6 is 0 Å². The van der Waals surface area contributed by atoms with Gasteiger partial charge in [0.1, 0.15) is 17.4 Å². The van der Waals surface area contributed by atoms with Gasteiger partial charge >= 0.3 is 0 Å². The Hall–Kier alpha value is -2.31. The molecule has 2 aliphatic rings. The summed E-state index contributed by atoms with van der Waals surface area (Å²) in [5.74, 6) is -3.05. The van der Waals surface area contributed by atoms with Gasteiger partial charge in [-0.3, -0.25) is 19.7 Å². The molecule has 23 heavy (non-hydrogen) atoms. The fourth-order valence-corrected chi connectivity index (χ4v) is 3.05. The van der Waals surface area contributed by atoms with E-state index in [9.17, 15) is 23.2 Å². The zero-order valence-electron chi connectivity index (χ0n) is 12.4. The molecule has 0 bridgehead atoms. The molecule has 0 saturated carbocycles. The fraction of sp³-hybridized carbons (Fsp3) is 0.438. The zero-order valence-corrected chi connectivity index (χ0v) is 12.4. The number of hydrogen-bond donors (Lipinski definition) is 1. The van der Waals surface area contributed by atoms with Gasteiger partial charge in [-0.05, 0) is 12.5 Å². The summed E-state index contributed by atoms with van der Waals surface area (Å²) in [5.41, 5.74) is 0.0652. The quantitative estimate of drug-likeness (QED) is 0.841. The SMILES string of the molecule is O=C1CCN(c2cc(F)c(C3CCC(=O)NC3=O)cc2F)CC1. The van der Waals surface area contributed by atoms with Gasteiger partial charge in [0.15, 0.2) is 0 Å². The van der Waals surface area contributed by atoms with Crippen LogP contribution in [0, 0.1) is 11.6 Å². The molecule has 1 aromatic carbocycles. The van der Waals surface area contributed by atoms with Crippen molar-refractivity contribution in [2.75, 3.05) is 18.0 Å². The number of nitrogens with zero attached hydrogens (tertiary/aromatic N) is 1. The van der Waals surface area contributed by atoms with Gasteiger partial charge in [-0.25, -0.2) is 8.78 Å². The summed E-state index contributed by atoms with van der Waals surface area (Å²) in [6.07, 6.45) is 0.901. The van der Waals surface area contributed by atoms with Crippen molar-refractivity contribution in [1.29, 1.82) is 0 Å². The van der Waals surface area contributed by atoms with E-state index in [4.69, 9.17) is 0 Å². The molecule has 0 radical (unpaired) electrons. The van der Waals surface area contributed by atoms with E-state index < -0.39 is 29.4 Å². The third-order valence-electron chi connectivity index (χ3n) is 4.34. The normalized spacial score (nSPS) is 22.3. The van der Waals surface area contributed by atoms with Crippen LogP contribution in [0.4, 0.5) is 14.5 Å². The first-order valence-electron chi connectivity index (χ1n) is 7.55.